The summed E-state index contributed by atoms with van der Waals surface area (Å²) < 4.78 is 0. The lowest BCUT2D eigenvalue weighted by molar-refractivity contribution is -0.141. The minimum absolute atomic E-state index is 0.193. The molecule has 0 aliphatic heterocycles. The molecule has 0 aromatic rings. The number of hydrogen-bond acceptors (Lipinski definition) is 2. The number of carboxylic acid groups (broad SMARTS) is 1. The monoisotopic (exact) mass is 284 g/mol. The van der Waals surface area contributed by atoms with Gasteiger partial charge < -0.3 is 15.7 Å². The summed E-state index contributed by atoms with van der Waals surface area (Å²) in [6.45, 7) is 4.98. The average Bonchev–Trinajstić information content (AvgIpc) is 2.41. The maximum absolute atomic E-state index is 11.6. The van der Waals surface area contributed by atoms with E-state index in [2.05, 4.69) is 17.6 Å². The van der Waals surface area contributed by atoms with Crippen LogP contribution in [0.1, 0.15) is 52.4 Å². The molecule has 20 heavy (non-hydrogen) atoms. The molecule has 0 saturated heterocycles. The topological polar surface area (TPSA) is 78.4 Å². The van der Waals surface area contributed by atoms with Gasteiger partial charge in [0.15, 0.2) is 0 Å². The van der Waals surface area contributed by atoms with Gasteiger partial charge in [0.1, 0.15) is 0 Å². The summed E-state index contributed by atoms with van der Waals surface area (Å²) >= 11 is 0. The van der Waals surface area contributed by atoms with Crippen molar-refractivity contribution in [3.05, 3.63) is 0 Å². The Kier molecular flexibility index (Phi) is 7.41. The highest BCUT2D eigenvalue weighted by Crippen LogP contribution is 2.29. The smallest absolute Gasteiger partial charge is 0.314 e. The van der Waals surface area contributed by atoms with Gasteiger partial charge in [-0.3, -0.25) is 4.79 Å². The molecule has 1 atom stereocenters. The molecule has 0 heterocycles. The predicted molar refractivity (Wildman–Crippen MR) is 78.6 cm³/mol. The molecule has 5 heteroatoms. The van der Waals surface area contributed by atoms with E-state index in [9.17, 15) is 9.59 Å². The van der Waals surface area contributed by atoms with Crippen LogP contribution in [-0.4, -0.2) is 30.2 Å². The lowest BCUT2D eigenvalue weighted by Crippen LogP contribution is -2.40. The van der Waals surface area contributed by atoms with Crippen molar-refractivity contribution in [2.75, 3.05) is 13.1 Å². The van der Waals surface area contributed by atoms with Crippen molar-refractivity contribution in [1.82, 2.24) is 10.6 Å². The lowest BCUT2D eigenvalue weighted by atomic mass is 9.81. The van der Waals surface area contributed by atoms with Crippen molar-refractivity contribution in [3.63, 3.8) is 0 Å². The van der Waals surface area contributed by atoms with E-state index in [4.69, 9.17) is 5.11 Å². The molecule has 0 spiro atoms. The summed E-state index contributed by atoms with van der Waals surface area (Å²) in [4.78, 5) is 22.4. The van der Waals surface area contributed by atoms with Gasteiger partial charge in [0.25, 0.3) is 0 Å². The summed E-state index contributed by atoms with van der Waals surface area (Å²) in [5.41, 5.74) is 0. The highest BCUT2D eigenvalue weighted by atomic mass is 16.4. The summed E-state index contributed by atoms with van der Waals surface area (Å²) in [6.07, 6.45) is 6.68. The molecule has 0 aromatic heterocycles. The highest BCUT2D eigenvalue weighted by Gasteiger charge is 2.18. The highest BCUT2D eigenvalue weighted by molar-refractivity contribution is 5.75. The van der Waals surface area contributed by atoms with Gasteiger partial charge in [0.2, 0.25) is 0 Å². The van der Waals surface area contributed by atoms with E-state index in [1.807, 2.05) is 6.92 Å². The van der Waals surface area contributed by atoms with Gasteiger partial charge in [-0.25, -0.2) is 4.79 Å². The SMILES string of the molecule is CCC(CNC(=O)NCCC1CCC(C)CC1)C(=O)O. The molecule has 0 bridgehead atoms. The zero-order valence-corrected chi connectivity index (χ0v) is 12.7. The van der Waals surface area contributed by atoms with Crippen LogP contribution >= 0.6 is 0 Å². The van der Waals surface area contributed by atoms with Gasteiger partial charge in [-0.05, 0) is 24.7 Å². The largest absolute Gasteiger partial charge is 0.481 e. The van der Waals surface area contributed by atoms with Crippen LogP contribution in [0.5, 0.6) is 0 Å². The molecular weight excluding hydrogens is 256 g/mol. The van der Waals surface area contributed by atoms with Crippen LogP contribution < -0.4 is 10.6 Å². The number of hydrogen-bond donors (Lipinski definition) is 3. The number of amides is 2. The maximum atomic E-state index is 11.6. The Morgan fingerprint density at radius 3 is 2.40 bits per heavy atom. The number of nitrogens with one attached hydrogen (secondary N) is 2. The predicted octanol–water partition coefficient (Wildman–Crippen LogP) is 2.61. The van der Waals surface area contributed by atoms with Crippen LogP contribution in [0.4, 0.5) is 4.79 Å². The van der Waals surface area contributed by atoms with Gasteiger partial charge in [0, 0.05) is 13.1 Å². The Bertz CT molecular complexity index is 312. The van der Waals surface area contributed by atoms with Crippen molar-refractivity contribution < 1.29 is 14.7 Å². The first kappa shape index (κ1) is 16.8. The first-order chi connectivity index (χ1) is 9.52. The van der Waals surface area contributed by atoms with Crippen molar-refractivity contribution >= 4 is 12.0 Å². The molecule has 1 saturated carbocycles. The van der Waals surface area contributed by atoms with Gasteiger partial charge >= 0.3 is 12.0 Å². The molecule has 1 rings (SSSR count). The third kappa shape index (κ3) is 6.26. The van der Waals surface area contributed by atoms with Crippen molar-refractivity contribution in [3.8, 4) is 0 Å². The van der Waals surface area contributed by atoms with E-state index in [0.717, 1.165) is 18.3 Å². The zero-order chi connectivity index (χ0) is 15.0. The Morgan fingerprint density at radius 2 is 1.85 bits per heavy atom. The number of urea groups is 1. The molecule has 0 radical (unpaired) electrons. The number of rotatable bonds is 7. The van der Waals surface area contributed by atoms with E-state index in [0.29, 0.717) is 13.0 Å². The fourth-order valence-electron chi connectivity index (χ4n) is 2.69. The number of carboxylic acids is 1. The Balaban J connectivity index is 2.09. The van der Waals surface area contributed by atoms with Crippen molar-refractivity contribution in [2.45, 2.75) is 52.4 Å². The minimum Gasteiger partial charge on any atom is -0.481 e. The zero-order valence-electron chi connectivity index (χ0n) is 12.7. The lowest BCUT2D eigenvalue weighted by Gasteiger charge is -2.26. The third-order valence-electron chi connectivity index (χ3n) is 4.32. The second kappa shape index (κ2) is 8.82. The summed E-state index contributed by atoms with van der Waals surface area (Å²) in [5, 5.41) is 14.3. The fraction of sp³-hybridized carbons (Fsp3) is 0.867. The van der Waals surface area contributed by atoms with E-state index in [1.165, 1.54) is 25.7 Å². The number of carbonyl (C=O) groups excluding carboxylic acids is 1. The van der Waals surface area contributed by atoms with Crippen molar-refractivity contribution in [2.24, 2.45) is 17.8 Å². The summed E-state index contributed by atoms with van der Waals surface area (Å²) in [7, 11) is 0. The number of carbonyl (C=O) groups is 2. The first-order valence-electron chi connectivity index (χ1n) is 7.77. The average molecular weight is 284 g/mol. The molecular formula is C15H28N2O3. The van der Waals surface area contributed by atoms with E-state index >= 15 is 0 Å². The minimum atomic E-state index is -0.857. The second-order valence-electron chi connectivity index (χ2n) is 5.99. The standard InChI is InChI=1S/C15H28N2O3/c1-3-13(14(18)19)10-17-15(20)16-9-8-12-6-4-11(2)5-7-12/h11-13H,3-10H2,1-2H3,(H,18,19)(H2,16,17,20). The molecule has 1 aliphatic carbocycles. The molecule has 2 amide bonds. The van der Waals surface area contributed by atoms with Gasteiger partial charge in [-0.1, -0.05) is 39.5 Å². The van der Waals surface area contributed by atoms with Crippen LogP contribution in [0, 0.1) is 17.8 Å². The maximum Gasteiger partial charge on any atom is 0.314 e. The molecule has 0 aromatic carbocycles. The Hall–Kier alpha value is -1.26. The quantitative estimate of drug-likeness (QED) is 0.672. The van der Waals surface area contributed by atoms with Crippen LogP contribution in [0.2, 0.25) is 0 Å². The van der Waals surface area contributed by atoms with Gasteiger partial charge in [0.05, 0.1) is 5.92 Å². The van der Waals surface area contributed by atoms with E-state index in [-0.39, 0.29) is 12.6 Å². The molecule has 1 unspecified atom stereocenters. The van der Waals surface area contributed by atoms with Crippen LogP contribution in [-0.2, 0) is 4.79 Å². The fourth-order valence-corrected chi connectivity index (χ4v) is 2.69. The van der Waals surface area contributed by atoms with Crippen LogP contribution in [0.3, 0.4) is 0 Å². The second-order valence-corrected chi connectivity index (χ2v) is 5.99. The number of aliphatic carboxylic acids is 1. The van der Waals surface area contributed by atoms with E-state index in [1.54, 1.807) is 0 Å². The summed E-state index contributed by atoms with van der Waals surface area (Å²) in [5.74, 6) is 0.225. The Morgan fingerprint density at radius 1 is 1.20 bits per heavy atom. The van der Waals surface area contributed by atoms with Crippen LogP contribution in [0.15, 0.2) is 0 Å². The first-order valence-corrected chi connectivity index (χ1v) is 7.77. The van der Waals surface area contributed by atoms with Crippen molar-refractivity contribution in [1.29, 1.82) is 0 Å². The normalized spacial score (nSPS) is 23.9. The molecule has 1 fully saturated rings. The summed E-state index contributed by atoms with van der Waals surface area (Å²) in [6, 6.07) is -0.256. The van der Waals surface area contributed by atoms with Gasteiger partial charge in [-0.2, -0.15) is 0 Å². The molecule has 116 valence electrons. The molecule has 1 aliphatic rings. The van der Waals surface area contributed by atoms with Gasteiger partial charge in [-0.15, -0.1) is 0 Å². The third-order valence-corrected chi connectivity index (χ3v) is 4.32. The van der Waals surface area contributed by atoms with Crippen LogP contribution in [0.25, 0.3) is 0 Å². The molecule has 5 nitrogen and oxygen atoms in total. The van der Waals surface area contributed by atoms with E-state index < -0.39 is 11.9 Å². The Labute approximate surface area is 121 Å². The molecule has 3 N–H and O–H groups in total.